The third-order valence-electron chi connectivity index (χ3n) is 2.56. The molecule has 16 heavy (non-hydrogen) atoms. The molecule has 6 heteroatoms. The molecule has 1 N–H and O–H groups in total. The molecule has 1 atom stereocenters. The quantitative estimate of drug-likeness (QED) is 0.881. The van der Waals surface area contributed by atoms with Gasteiger partial charge in [0, 0.05) is 25.1 Å². The van der Waals surface area contributed by atoms with Crippen LogP contribution in [0.2, 0.25) is 5.22 Å². The Bertz CT molecular complexity index is 465. The summed E-state index contributed by atoms with van der Waals surface area (Å²) < 4.78 is 6.83. The average molecular weight is 241 g/mol. The molecule has 1 unspecified atom stereocenters. The molecule has 2 heterocycles. The Morgan fingerprint density at radius 1 is 1.62 bits per heavy atom. The van der Waals surface area contributed by atoms with Crippen molar-refractivity contribution in [2.75, 3.05) is 7.05 Å². The number of likely N-dealkylation sites (N-methyl/N-ethyl adjacent to an activating group) is 1. The van der Waals surface area contributed by atoms with E-state index in [0.717, 1.165) is 11.4 Å². The maximum Gasteiger partial charge on any atom is 0.197 e. The lowest BCUT2D eigenvalue weighted by atomic mass is 10.1. The van der Waals surface area contributed by atoms with Crippen LogP contribution >= 0.6 is 11.6 Å². The van der Waals surface area contributed by atoms with E-state index in [4.69, 9.17) is 16.0 Å². The van der Waals surface area contributed by atoms with Crippen molar-refractivity contribution >= 4 is 11.6 Å². The molecular weight excluding hydrogens is 228 g/mol. The van der Waals surface area contributed by atoms with Gasteiger partial charge >= 0.3 is 0 Å². The van der Waals surface area contributed by atoms with Crippen LogP contribution in [-0.4, -0.2) is 21.8 Å². The predicted octanol–water partition coefficient (Wildman–Crippen LogP) is 1.56. The van der Waals surface area contributed by atoms with E-state index in [1.165, 1.54) is 0 Å². The first-order valence-corrected chi connectivity index (χ1v) is 5.33. The van der Waals surface area contributed by atoms with Crippen LogP contribution in [0, 0.1) is 0 Å². The standard InChI is InChI=1S/C10H13ClN4O/c1-12-8(7-3-4-16-10(7)11)5-9-13-6-14-15(9)2/h3-4,6,8,12H,5H2,1-2H3. The van der Waals surface area contributed by atoms with Crippen LogP contribution in [0.25, 0.3) is 0 Å². The Hall–Kier alpha value is -1.33. The number of hydrogen-bond acceptors (Lipinski definition) is 4. The van der Waals surface area contributed by atoms with Gasteiger partial charge in [0.05, 0.1) is 6.26 Å². The molecule has 0 saturated carbocycles. The predicted molar refractivity (Wildman–Crippen MR) is 60.2 cm³/mol. The molecule has 0 aliphatic carbocycles. The van der Waals surface area contributed by atoms with Crippen molar-refractivity contribution in [3.05, 3.63) is 35.3 Å². The van der Waals surface area contributed by atoms with Crippen molar-refractivity contribution in [2.45, 2.75) is 12.5 Å². The number of nitrogens with zero attached hydrogens (tertiary/aromatic N) is 3. The van der Waals surface area contributed by atoms with Crippen LogP contribution in [0.15, 0.2) is 23.1 Å². The lowest BCUT2D eigenvalue weighted by Crippen LogP contribution is -2.20. The van der Waals surface area contributed by atoms with Gasteiger partial charge < -0.3 is 9.73 Å². The Morgan fingerprint density at radius 2 is 2.44 bits per heavy atom. The number of furan rings is 1. The summed E-state index contributed by atoms with van der Waals surface area (Å²) in [7, 11) is 3.75. The van der Waals surface area contributed by atoms with Crippen LogP contribution in [-0.2, 0) is 13.5 Å². The maximum absolute atomic E-state index is 5.94. The highest BCUT2D eigenvalue weighted by Gasteiger charge is 2.17. The normalized spacial score (nSPS) is 12.9. The minimum atomic E-state index is 0.0779. The third-order valence-corrected chi connectivity index (χ3v) is 2.87. The second-order valence-corrected chi connectivity index (χ2v) is 3.84. The van der Waals surface area contributed by atoms with E-state index in [-0.39, 0.29) is 6.04 Å². The first-order chi connectivity index (χ1) is 7.72. The molecule has 86 valence electrons. The van der Waals surface area contributed by atoms with E-state index in [2.05, 4.69) is 15.4 Å². The summed E-state index contributed by atoms with van der Waals surface area (Å²) in [5.74, 6) is 0.900. The first kappa shape index (κ1) is 11.2. The molecule has 0 fully saturated rings. The third kappa shape index (κ3) is 2.10. The molecule has 2 aromatic rings. The van der Waals surface area contributed by atoms with Gasteiger partial charge in [-0.15, -0.1) is 0 Å². The van der Waals surface area contributed by atoms with Gasteiger partial charge in [-0.3, -0.25) is 4.68 Å². The van der Waals surface area contributed by atoms with E-state index in [9.17, 15) is 0 Å². The van der Waals surface area contributed by atoms with Crippen molar-refractivity contribution in [3.8, 4) is 0 Å². The van der Waals surface area contributed by atoms with E-state index in [1.54, 1.807) is 17.3 Å². The molecule has 0 spiro atoms. The van der Waals surface area contributed by atoms with Crippen molar-refractivity contribution in [3.63, 3.8) is 0 Å². The van der Waals surface area contributed by atoms with Crippen molar-refractivity contribution in [1.82, 2.24) is 20.1 Å². The number of halogens is 1. The lowest BCUT2D eigenvalue weighted by molar-refractivity contribution is 0.529. The molecule has 0 amide bonds. The minimum Gasteiger partial charge on any atom is -0.453 e. The van der Waals surface area contributed by atoms with Gasteiger partial charge in [-0.25, -0.2) is 4.98 Å². The van der Waals surface area contributed by atoms with Gasteiger partial charge in [-0.2, -0.15) is 5.10 Å². The van der Waals surface area contributed by atoms with Gasteiger partial charge in [0.1, 0.15) is 12.2 Å². The fourth-order valence-corrected chi connectivity index (χ4v) is 1.85. The summed E-state index contributed by atoms with van der Waals surface area (Å²) in [5, 5.41) is 7.63. The second kappa shape index (κ2) is 4.67. The van der Waals surface area contributed by atoms with Gasteiger partial charge in [-0.1, -0.05) is 0 Å². The lowest BCUT2D eigenvalue weighted by Gasteiger charge is -2.13. The monoisotopic (exact) mass is 240 g/mol. The Morgan fingerprint density at radius 3 is 2.94 bits per heavy atom. The number of nitrogens with one attached hydrogen (secondary N) is 1. The Kier molecular flexibility index (Phi) is 3.26. The SMILES string of the molecule is CNC(Cc1ncnn1C)c1ccoc1Cl. The largest absolute Gasteiger partial charge is 0.453 e. The zero-order chi connectivity index (χ0) is 11.5. The van der Waals surface area contributed by atoms with E-state index in [0.29, 0.717) is 11.6 Å². The van der Waals surface area contributed by atoms with E-state index in [1.807, 2.05) is 20.2 Å². The molecule has 2 rings (SSSR count). The van der Waals surface area contributed by atoms with Crippen LogP contribution in [0.4, 0.5) is 0 Å². The molecular formula is C10H13ClN4O. The molecule has 0 aliphatic rings. The molecule has 0 radical (unpaired) electrons. The fourth-order valence-electron chi connectivity index (χ4n) is 1.61. The molecule has 0 aromatic carbocycles. The van der Waals surface area contributed by atoms with Gasteiger partial charge in [0.15, 0.2) is 5.22 Å². The molecule has 5 nitrogen and oxygen atoms in total. The van der Waals surface area contributed by atoms with Crippen molar-refractivity contribution < 1.29 is 4.42 Å². The number of aromatic nitrogens is 3. The summed E-state index contributed by atoms with van der Waals surface area (Å²) in [6, 6.07) is 1.94. The fraction of sp³-hybridized carbons (Fsp3) is 0.400. The number of rotatable bonds is 4. The molecule has 0 saturated heterocycles. The van der Waals surface area contributed by atoms with Crippen LogP contribution in [0.5, 0.6) is 0 Å². The molecule has 2 aromatic heterocycles. The van der Waals surface area contributed by atoms with E-state index < -0.39 is 0 Å². The highest BCUT2D eigenvalue weighted by Crippen LogP contribution is 2.25. The summed E-state index contributed by atoms with van der Waals surface area (Å²) in [6.07, 6.45) is 3.84. The highest BCUT2D eigenvalue weighted by atomic mass is 35.5. The Balaban J connectivity index is 2.19. The van der Waals surface area contributed by atoms with E-state index >= 15 is 0 Å². The molecule has 0 bridgehead atoms. The van der Waals surface area contributed by atoms with Crippen molar-refractivity contribution in [2.24, 2.45) is 7.05 Å². The summed E-state index contributed by atoms with van der Waals surface area (Å²) in [4.78, 5) is 4.18. The zero-order valence-corrected chi connectivity index (χ0v) is 9.90. The summed E-state index contributed by atoms with van der Waals surface area (Å²) in [6.45, 7) is 0. The number of hydrogen-bond donors (Lipinski definition) is 1. The zero-order valence-electron chi connectivity index (χ0n) is 9.14. The highest BCUT2D eigenvalue weighted by molar-refractivity contribution is 6.29. The topological polar surface area (TPSA) is 55.9 Å². The Labute approximate surface area is 98.4 Å². The average Bonchev–Trinajstić information content (AvgIpc) is 2.85. The van der Waals surface area contributed by atoms with Gasteiger partial charge in [-0.05, 0) is 24.7 Å². The second-order valence-electron chi connectivity index (χ2n) is 3.49. The maximum atomic E-state index is 5.94. The molecule has 0 aliphatic heterocycles. The van der Waals surface area contributed by atoms with Crippen LogP contribution in [0.1, 0.15) is 17.4 Å². The van der Waals surface area contributed by atoms with Gasteiger partial charge in [0.2, 0.25) is 0 Å². The minimum absolute atomic E-state index is 0.0779. The van der Waals surface area contributed by atoms with Gasteiger partial charge in [0.25, 0.3) is 0 Å². The summed E-state index contributed by atoms with van der Waals surface area (Å²) >= 11 is 5.94. The number of aryl methyl sites for hydroxylation is 1. The summed E-state index contributed by atoms with van der Waals surface area (Å²) in [5.41, 5.74) is 0.937. The van der Waals surface area contributed by atoms with Crippen LogP contribution < -0.4 is 5.32 Å². The first-order valence-electron chi connectivity index (χ1n) is 4.95. The van der Waals surface area contributed by atoms with Crippen LogP contribution in [0.3, 0.4) is 0 Å². The smallest absolute Gasteiger partial charge is 0.197 e. The van der Waals surface area contributed by atoms with Crippen molar-refractivity contribution in [1.29, 1.82) is 0 Å².